The van der Waals surface area contributed by atoms with Gasteiger partial charge in [-0.3, -0.25) is 19.2 Å². The highest BCUT2D eigenvalue weighted by molar-refractivity contribution is 6.30. The normalized spacial score (nSPS) is 19.7. The van der Waals surface area contributed by atoms with Crippen LogP contribution in [-0.2, 0) is 9.59 Å². The SMILES string of the molecule is NC(=O)c1ccc2oc(C(=O)Nc3ccc(Cl)cn3)c(NC(=O)C3CCC(N4CCCC4=O)CC3)c2c1. The number of carbonyl (C=O) groups excluding carboxylic acids is 4. The summed E-state index contributed by atoms with van der Waals surface area (Å²) in [6, 6.07) is 7.79. The van der Waals surface area contributed by atoms with E-state index in [1.807, 2.05) is 4.90 Å². The Bertz CT molecular complexity index is 1380. The zero-order chi connectivity index (χ0) is 26.1. The Balaban J connectivity index is 1.38. The lowest BCUT2D eigenvalue weighted by Crippen LogP contribution is -2.40. The third-order valence-corrected chi connectivity index (χ3v) is 7.24. The van der Waals surface area contributed by atoms with Crippen LogP contribution in [0.4, 0.5) is 11.5 Å². The standard InChI is InChI=1S/C26H26ClN5O5/c27-16-6-10-20(29-13-16)30-26(36)23-22(18-12-15(24(28)34)5-9-19(18)37-23)31-25(35)14-3-7-17(8-4-14)32-11-1-2-21(32)33/h5-6,9-10,12-14,17H,1-4,7-8,11H2,(H2,28,34)(H,31,35)(H,29,30,36). The van der Waals surface area contributed by atoms with Crippen LogP contribution in [0.2, 0.25) is 5.02 Å². The predicted molar refractivity (Wildman–Crippen MR) is 137 cm³/mol. The molecule has 2 aromatic heterocycles. The molecule has 37 heavy (non-hydrogen) atoms. The minimum absolute atomic E-state index is 0.127. The number of pyridine rings is 1. The van der Waals surface area contributed by atoms with Gasteiger partial charge in [0.05, 0.1) is 5.02 Å². The van der Waals surface area contributed by atoms with Gasteiger partial charge in [0.25, 0.3) is 5.91 Å². The summed E-state index contributed by atoms with van der Waals surface area (Å²) < 4.78 is 5.80. The smallest absolute Gasteiger partial charge is 0.294 e. The minimum Gasteiger partial charge on any atom is -0.449 e. The summed E-state index contributed by atoms with van der Waals surface area (Å²) in [5.41, 5.74) is 6.13. The average molecular weight is 524 g/mol. The molecule has 5 rings (SSSR count). The Morgan fingerprint density at radius 3 is 2.51 bits per heavy atom. The lowest BCUT2D eigenvalue weighted by atomic mass is 9.84. The zero-order valence-electron chi connectivity index (χ0n) is 20.0. The second-order valence-electron chi connectivity index (χ2n) is 9.38. The maximum atomic E-state index is 13.3. The number of halogens is 1. The van der Waals surface area contributed by atoms with Crippen LogP contribution >= 0.6 is 11.6 Å². The topological polar surface area (TPSA) is 148 Å². The van der Waals surface area contributed by atoms with Crippen LogP contribution in [0.15, 0.2) is 40.9 Å². The summed E-state index contributed by atoms with van der Waals surface area (Å²) in [4.78, 5) is 56.3. The Labute approximate surface area is 217 Å². The summed E-state index contributed by atoms with van der Waals surface area (Å²) >= 11 is 5.87. The van der Waals surface area contributed by atoms with Crippen molar-refractivity contribution < 1.29 is 23.6 Å². The van der Waals surface area contributed by atoms with Gasteiger partial charge in [-0.1, -0.05) is 11.6 Å². The first-order valence-corrected chi connectivity index (χ1v) is 12.6. The molecule has 4 amide bonds. The van der Waals surface area contributed by atoms with Crippen molar-refractivity contribution in [3.8, 4) is 0 Å². The fraction of sp³-hybridized carbons (Fsp3) is 0.346. The number of carbonyl (C=O) groups is 4. The molecule has 2 fully saturated rings. The molecule has 0 radical (unpaired) electrons. The molecule has 3 heterocycles. The van der Waals surface area contributed by atoms with E-state index in [1.54, 1.807) is 6.07 Å². The van der Waals surface area contributed by atoms with Crippen molar-refractivity contribution >= 4 is 57.7 Å². The number of nitrogens with one attached hydrogen (secondary N) is 2. The maximum absolute atomic E-state index is 13.3. The molecule has 4 N–H and O–H groups in total. The Hall–Kier alpha value is -3.92. The third-order valence-electron chi connectivity index (χ3n) is 7.01. The van der Waals surface area contributed by atoms with Gasteiger partial charge in [-0.15, -0.1) is 0 Å². The summed E-state index contributed by atoms with van der Waals surface area (Å²) in [6.07, 6.45) is 5.62. The van der Waals surface area contributed by atoms with E-state index in [2.05, 4.69) is 15.6 Å². The van der Waals surface area contributed by atoms with Gasteiger partial charge in [-0.25, -0.2) is 4.98 Å². The van der Waals surface area contributed by atoms with E-state index >= 15 is 0 Å². The molecule has 1 aliphatic carbocycles. The molecular weight excluding hydrogens is 498 g/mol. The van der Waals surface area contributed by atoms with Gasteiger partial charge in [-0.05, 0) is 62.4 Å². The first-order valence-electron chi connectivity index (χ1n) is 12.2. The highest BCUT2D eigenvalue weighted by Gasteiger charge is 2.34. The molecule has 2 aliphatic rings. The van der Waals surface area contributed by atoms with Gasteiger partial charge in [0, 0.05) is 42.1 Å². The highest BCUT2D eigenvalue weighted by atomic mass is 35.5. The summed E-state index contributed by atoms with van der Waals surface area (Å²) in [5, 5.41) is 6.30. The molecule has 1 saturated heterocycles. The minimum atomic E-state index is -0.647. The van der Waals surface area contributed by atoms with Gasteiger partial charge in [0.1, 0.15) is 17.1 Å². The second kappa shape index (κ2) is 10.2. The van der Waals surface area contributed by atoms with Crippen molar-refractivity contribution in [3.63, 3.8) is 0 Å². The molecule has 0 unspecified atom stereocenters. The Morgan fingerprint density at radius 1 is 1.08 bits per heavy atom. The van der Waals surface area contributed by atoms with Crippen LogP contribution in [0.3, 0.4) is 0 Å². The monoisotopic (exact) mass is 523 g/mol. The lowest BCUT2D eigenvalue weighted by molar-refractivity contribution is -0.130. The number of furan rings is 1. The van der Waals surface area contributed by atoms with Crippen LogP contribution in [0.25, 0.3) is 11.0 Å². The molecule has 192 valence electrons. The van der Waals surface area contributed by atoms with Gasteiger partial charge < -0.3 is 25.7 Å². The van der Waals surface area contributed by atoms with E-state index in [1.165, 1.54) is 30.5 Å². The largest absolute Gasteiger partial charge is 0.449 e. The van der Waals surface area contributed by atoms with Crippen LogP contribution < -0.4 is 16.4 Å². The number of amides is 4. The number of nitrogens with two attached hydrogens (primary N) is 1. The molecule has 0 atom stereocenters. The number of likely N-dealkylation sites (tertiary alicyclic amines) is 1. The van der Waals surface area contributed by atoms with Gasteiger partial charge in [0.15, 0.2) is 0 Å². The summed E-state index contributed by atoms with van der Waals surface area (Å²) in [5.74, 6) is -1.50. The molecule has 1 saturated carbocycles. The molecule has 10 nitrogen and oxygen atoms in total. The first kappa shape index (κ1) is 24.8. The zero-order valence-corrected chi connectivity index (χ0v) is 20.7. The van der Waals surface area contributed by atoms with E-state index < -0.39 is 11.8 Å². The summed E-state index contributed by atoms with van der Waals surface area (Å²) in [6.45, 7) is 0.782. The quantitative estimate of drug-likeness (QED) is 0.445. The number of hydrogen-bond donors (Lipinski definition) is 3. The number of anilines is 2. The van der Waals surface area contributed by atoms with Crippen LogP contribution in [0.1, 0.15) is 59.4 Å². The Kier molecular flexibility index (Phi) is 6.84. The number of rotatable bonds is 6. The van der Waals surface area contributed by atoms with Crippen LogP contribution in [0, 0.1) is 5.92 Å². The summed E-state index contributed by atoms with van der Waals surface area (Å²) in [7, 11) is 0. The number of hydrogen-bond acceptors (Lipinski definition) is 6. The van der Waals surface area contributed by atoms with Gasteiger partial charge >= 0.3 is 0 Å². The van der Waals surface area contributed by atoms with E-state index in [4.69, 9.17) is 21.8 Å². The molecule has 0 spiro atoms. The fourth-order valence-corrected chi connectivity index (χ4v) is 5.20. The van der Waals surface area contributed by atoms with E-state index in [9.17, 15) is 19.2 Å². The molecule has 0 bridgehead atoms. The molecule has 1 aromatic carbocycles. The van der Waals surface area contributed by atoms with Crippen LogP contribution in [0.5, 0.6) is 0 Å². The van der Waals surface area contributed by atoms with Crippen molar-refractivity contribution in [2.45, 2.75) is 44.6 Å². The second-order valence-corrected chi connectivity index (χ2v) is 9.82. The number of nitrogens with zero attached hydrogens (tertiary/aromatic N) is 2. The van der Waals surface area contributed by atoms with E-state index in [-0.39, 0.29) is 46.6 Å². The fourth-order valence-electron chi connectivity index (χ4n) is 5.09. The number of benzene rings is 1. The average Bonchev–Trinajstić information content (AvgIpc) is 3.48. The number of primary amides is 1. The maximum Gasteiger partial charge on any atom is 0.294 e. The van der Waals surface area contributed by atoms with Crippen molar-refractivity contribution in [3.05, 3.63) is 52.9 Å². The van der Waals surface area contributed by atoms with E-state index in [0.29, 0.717) is 35.3 Å². The van der Waals surface area contributed by atoms with Crippen molar-refractivity contribution in [1.82, 2.24) is 9.88 Å². The highest BCUT2D eigenvalue weighted by Crippen LogP contribution is 2.35. The molecular formula is C26H26ClN5O5. The molecule has 1 aliphatic heterocycles. The van der Waals surface area contributed by atoms with Crippen LogP contribution in [-0.4, -0.2) is 46.1 Å². The van der Waals surface area contributed by atoms with Crippen molar-refractivity contribution in [2.24, 2.45) is 11.7 Å². The van der Waals surface area contributed by atoms with E-state index in [0.717, 1.165) is 25.8 Å². The third kappa shape index (κ3) is 5.15. The number of aromatic nitrogens is 1. The molecule has 3 aromatic rings. The van der Waals surface area contributed by atoms with Crippen molar-refractivity contribution in [1.29, 1.82) is 0 Å². The van der Waals surface area contributed by atoms with Gasteiger partial charge in [-0.2, -0.15) is 0 Å². The predicted octanol–water partition coefficient (Wildman–Crippen LogP) is 3.95. The molecule has 11 heteroatoms. The van der Waals surface area contributed by atoms with Crippen molar-refractivity contribution in [2.75, 3.05) is 17.2 Å². The Morgan fingerprint density at radius 2 is 1.86 bits per heavy atom. The number of fused-ring (bicyclic) bond motifs is 1. The first-order chi connectivity index (χ1) is 17.8. The lowest BCUT2D eigenvalue weighted by Gasteiger charge is -2.34. The van der Waals surface area contributed by atoms with Gasteiger partial charge in [0.2, 0.25) is 23.5 Å².